The van der Waals surface area contributed by atoms with Gasteiger partial charge in [0.25, 0.3) is 0 Å². The summed E-state index contributed by atoms with van der Waals surface area (Å²) in [5.74, 6) is -0.402. The minimum Gasteiger partial charge on any atom is -0.463 e. The number of piperidine rings is 1. The number of rotatable bonds is 6. The van der Waals surface area contributed by atoms with E-state index in [4.69, 9.17) is 4.74 Å². The van der Waals surface area contributed by atoms with E-state index < -0.39 is 16.0 Å². The highest BCUT2D eigenvalue weighted by Gasteiger charge is 2.25. The van der Waals surface area contributed by atoms with Gasteiger partial charge in [0.05, 0.1) is 12.9 Å². The van der Waals surface area contributed by atoms with Gasteiger partial charge in [-0.15, -0.1) is 0 Å². The molecule has 8 nitrogen and oxygen atoms in total. The molecule has 9 heteroatoms. The fraction of sp³-hybridized carbons (Fsp3) is 0.444. The molecule has 0 aromatic heterocycles. The number of hydrogen-bond acceptors (Lipinski definition) is 5. The first kappa shape index (κ1) is 20.9. The van der Waals surface area contributed by atoms with Crippen LogP contribution >= 0.6 is 0 Å². The molecule has 0 atom stereocenters. The maximum atomic E-state index is 12.1. The monoisotopic (exact) mass is 395 g/mol. The molecule has 2 rings (SSSR count). The summed E-state index contributed by atoms with van der Waals surface area (Å²) in [5, 5.41) is 5.61. The van der Waals surface area contributed by atoms with E-state index in [1.165, 1.54) is 16.6 Å². The SMILES string of the molecule is CCOC(=O)/C=C\c1ccc(NC(=O)NC2CCN(S(C)(=O)=O)CC2)cc1. The van der Waals surface area contributed by atoms with Gasteiger partial charge in [0.2, 0.25) is 10.0 Å². The molecule has 1 aliphatic heterocycles. The van der Waals surface area contributed by atoms with Crippen molar-refractivity contribution in [2.24, 2.45) is 0 Å². The van der Waals surface area contributed by atoms with Crippen LogP contribution < -0.4 is 10.6 Å². The molecule has 1 saturated heterocycles. The second kappa shape index (κ2) is 9.52. The molecule has 0 radical (unpaired) electrons. The molecule has 0 spiro atoms. The highest BCUT2D eigenvalue weighted by atomic mass is 32.2. The lowest BCUT2D eigenvalue weighted by atomic mass is 10.1. The van der Waals surface area contributed by atoms with Gasteiger partial charge in [-0.3, -0.25) is 0 Å². The molecule has 1 aliphatic rings. The van der Waals surface area contributed by atoms with Crippen LogP contribution in [0.5, 0.6) is 0 Å². The van der Waals surface area contributed by atoms with Gasteiger partial charge >= 0.3 is 12.0 Å². The summed E-state index contributed by atoms with van der Waals surface area (Å²) >= 11 is 0. The van der Waals surface area contributed by atoms with Crippen molar-refractivity contribution >= 4 is 33.8 Å². The number of hydrogen-bond donors (Lipinski definition) is 2. The molecular formula is C18H25N3O5S. The lowest BCUT2D eigenvalue weighted by molar-refractivity contribution is -0.137. The van der Waals surface area contributed by atoms with Crippen LogP contribution in [-0.2, 0) is 19.6 Å². The Kier molecular flexibility index (Phi) is 7.37. The molecule has 0 saturated carbocycles. The summed E-state index contributed by atoms with van der Waals surface area (Å²) in [6, 6.07) is 6.62. The Morgan fingerprint density at radius 3 is 2.41 bits per heavy atom. The Hall–Kier alpha value is -2.39. The van der Waals surface area contributed by atoms with Gasteiger partial charge in [0, 0.05) is 30.9 Å². The summed E-state index contributed by atoms with van der Waals surface area (Å²) in [5.41, 5.74) is 1.43. The van der Waals surface area contributed by atoms with Gasteiger partial charge in [-0.25, -0.2) is 22.3 Å². The van der Waals surface area contributed by atoms with Crippen LogP contribution in [-0.4, -0.2) is 56.7 Å². The highest BCUT2D eigenvalue weighted by molar-refractivity contribution is 7.88. The van der Waals surface area contributed by atoms with E-state index in [0.29, 0.717) is 38.2 Å². The summed E-state index contributed by atoms with van der Waals surface area (Å²) < 4.78 is 29.2. The van der Waals surface area contributed by atoms with Crippen LogP contribution in [0, 0.1) is 0 Å². The number of carbonyl (C=O) groups is 2. The van der Waals surface area contributed by atoms with Gasteiger partial charge in [-0.2, -0.15) is 0 Å². The summed E-state index contributed by atoms with van der Waals surface area (Å²) in [6.45, 7) is 2.89. The standard InChI is InChI=1S/C18H25N3O5S/c1-3-26-17(22)9-6-14-4-7-15(8-5-14)19-18(23)20-16-10-12-21(13-11-16)27(2,24)25/h4-9,16H,3,10-13H2,1-2H3,(H2,19,20,23)/b9-6-. The first-order valence-corrected chi connectivity index (χ1v) is 10.6. The van der Waals surface area contributed by atoms with Crippen LogP contribution in [0.15, 0.2) is 30.3 Å². The summed E-state index contributed by atoms with van der Waals surface area (Å²) in [7, 11) is -3.17. The van der Waals surface area contributed by atoms with E-state index in [2.05, 4.69) is 10.6 Å². The Labute approximate surface area is 159 Å². The Morgan fingerprint density at radius 2 is 1.85 bits per heavy atom. The summed E-state index contributed by atoms with van der Waals surface area (Å²) in [6.07, 6.45) is 5.34. The second-order valence-electron chi connectivity index (χ2n) is 6.24. The van der Waals surface area contributed by atoms with Crippen molar-refractivity contribution < 1.29 is 22.7 Å². The number of nitrogens with zero attached hydrogens (tertiary/aromatic N) is 1. The quantitative estimate of drug-likeness (QED) is 0.565. The molecule has 2 N–H and O–H groups in total. The normalized spacial score (nSPS) is 16.2. The predicted molar refractivity (Wildman–Crippen MR) is 104 cm³/mol. The largest absolute Gasteiger partial charge is 0.463 e. The van der Waals surface area contributed by atoms with E-state index in [0.717, 1.165) is 5.56 Å². The van der Waals surface area contributed by atoms with Gasteiger partial charge in [-0.1, -0.05) is 12.1 Å². The number of esters is 1. The third-order valence-electron chi connectivity index (χ3n) is 4.13. The summed E-state index contributed by atoms with van der Waals surface area (Å²) in [4.78, 5) is 23.4. The lowest BCUT2D eigenvalue weighted by Crippen LogP contribution is -2.47. The lowest BCUT2D eigenvalue weighted by Gasteiger charge is -2.30. The third-order valence-corrected chi connectivity index (χ3v) is 5.43. The van der Waals surface area contributed by atoms with Crippen molar-refractivity contribution in [2.75, 3.05) is 31.3 Å². The number of ether oxygens (including phenoxy) is 1. The van der Waals surface area contributed by atoms with Crippen molar-refractivity contribution in [2.45, 2.75) is 25.8 Å². The number of urea groups is 1. The number of carbonyl (C=O) groups excluding carboxylic acids is 2. The average Bonchev–Trinajstić information content (AvgIpc) is 2.61. The number of amides is 2. The maximum absolute atomic E-state index is 12.1. The van der Waals surface area contributed by atoms with E-state index in [-0.39, 0.29) is 12.1 Å². The number of nitrogens with one attached hydrogen (secondary N) is 2. The van der Waals surface area contributed by atoms with Crippen LogP contribution in [0.4, 0.5) is 10.5 Å². The minimum atomic E-state index is -3.17. The molecule has 0 bridgehead atoms. The zero-order valence-corrected chi connectivity index (χ0v) is 16.3. The first-order chi connectivity index (χ1) is 12.8. The van der Waals surface area contributed by atoms with E-state index in [1.54, 1.807) is 37.3 Å². The molecule has 0 unspecified atom stereocenters. The molecule has 27 heavy (non-hydrogen) atoms. The van der Waals surface area contributed by atoms with Crippen molar-refractivity contribution in [1.29, 1.82) is 0 Å². The number of benzene rings is 1. The highest BCUT2D eigenvalue weighted by Crippen LogP contribution is 2.14. The molecular weight excluding hydrogens is 370 g/mol. The van der Waals surface area contributed by atoms with Crippen LogP contribution in [0.2, 0.25) is 0 Å². The van der Waals surface area contributed by atoms with Gasteiger partial charge in [-0.05, 0) is 43.5 Å². The van der Waals surface area contributed by atoms with Crippen molar-refractivity contribution in [3.8, 4) is 0 Å². The molecule has 1 fully saturated rings. The van der Waals surface area contributed by atoms with Gasteiger partial charge < -0.3 is 15.4 Å². The predicted octanol–water partition coefficient (Wildman–Crippen LogP) is 1.81. The van der Waals surface area contributed by atoms with E-state index >= 15 is 0 Å². The molecule has 1 aromatic rings. The van der Waals surface area contributed by atoms with E-state index in [1.807, 2.05) is 0 Å². The van der Waals surface area contributed by atoms with Gasteiger partial charge in [0.15, 0.2) is 0 Å². The van der Waals surface area contributed by atoms with Crippen LogP contribution in [0.3, 0.4) is 0 Å². The van der Waals surface area contributed by atoms with E-state index in [9.17, 15) is 18.0 Å². The van der Waals surface area contributed by atoms with Gasteiger partial charge in [0.1, 0.15) is 0 Å². The average molecular weight is 395 g/mol. The fourth-order valence-corrected chi connectivity index (χ4v) is 3.59. The molecule has 0 aliphatic carbocycles. The smallest absolute Gasteiger partial charge is 0.330 e. The van der Waals surface area contributed by atoms with Crippen molar-refractivity contribution in [1.82, 2.24) is 9.62 Å². The topological polar surface area (TPSA) is 105 Å². The zero-order chi connectivity index (χ0) is 19.9. The third kappa shape index (κ3) is 7.03. The molecule has 2 amide bonds. The van der Waals surface area contributed by atoms with Crippen LogP contribution in [0.25, 0.3) is 6.08 Å². The zero-order valence-electron chi connectivity index (χ0n) is 15.5. The van der Waals surface area contributed by atoms with Crippen LogP contribution in [0.1, 0.15) is 25.3 Å². The Balaban J connectivity index is 1.80. The Bertz CT molecular complexity index is 782. The van der Waals surface area contributed by atoms with Crippen molar-refractivity contribution in [3.05, 3.63) is 35.9 Å². The minimum absolute atomic E-state index is 0.0604. The number of anilines is 1. The number of sulfonamides is 1. The first-order valence-electron chi connectivity index (χ1n) is 8.75. The molecule has 1 heterocycles. The van der Waals surface area contributed by atoms with Crippen molar-refractivity contribution in [3.63, 3.8) is 0 Å². The maximum Gasteiger partial charge on any atom is 0.330 e. The molecule has 148 valence electrons. The second-order valence-corrected chi connectivity index (χ2v) is 8.22. The fourth-order valence-electron chi connectivity index (χ4n) is 2.72. The molecule has 1 aromatic carbocycles. The Morgan fingerprint density at radius 1 is 1.22 bits per heavy atom.